The third-order valence-corrected chi connectivity index (χ3v) is 4.00. The molecule has 6 heteroatoms. The summed E-state index contributed by atoms with van der Waals surface area (Å²) in [7, 11) is 0. The molecule has 0 aliphatic heterocycles. The zero-order chi connectivity index (χ0) is 14.1. The lowest BCUT2D eigenvalue weighted by Crippen LogP contribution is -2.08. The van der Waals surface area contributed by atoms with Crippen molar-refractivity contribution in [3.05, 3.63) is 57.7 Å². The summed E-state index contributed by atoms with van der Waals surface area (Å²) in [5.41, 5.74) is 1.80. The molecule has 1 unspecified atom stereocenters. The van der Waals surface area contributed by atoms with E-state index in [-0.39, 0.29) is 6.04 Å². The highest BCUT2D eigenvalue weighted by Gasteiger charge is 2.12. The van der Waals surface area contributed by atoms with E-state index in [1.54, 1.807) is 4.52 Å². The normalized spacial score (nSPS) is 12.6. The van der Waals surface area contributed by atoms with E-state index in [9.17, 15) is 0 Å². The van der Waals surface area contributed by atoms with E-state index in [1.807, 2.05) is 49.5 Å². The van der Waals surface area contributed by atoms with Gasteiger partial charge in [-0.2, -0.15) is 4.98 Å². The van der Waals surface area contributed by atoms with E-state index in [2.05, 4.69) is 31.3 Å². The number of hydrogen-bond donors (Lipinski definition) is 1. The summed E-state index contributed by atoms with van der Waals surface area (Å²) in [5.74, 6) is 0.573. The zero-order valence-electron chi connectivity index (χ0n) is 10.7. The molecule has 0 saturated heterocycles. The van der Waals surface area contributed by atoms with Crippen LogP contribution in [0.5, 0.6) is 0 Å². The van der Waals surface area contributed by atoms with E-state index in [1.165, 1.54) is 0 Å². The molecule has 0 bridgehead atoms. The second-order valence-corrected chi connectivity index (χ2v) is 5.71. The number of halogens is 2. The number of hydrogen-bond acceptors (Lipinski definition) is 3. The lowest BCUT2D eigenvalue weighted by molar-refractivity contribution is 0.853. The molecular formula is C14H12BrClN4. The van der Waals surface area contributed by atoms with Gasteiger partial charge in [-0.05, 0) is 46.6 Å². The Bertz CT molecular complexity index is 756. The summed E-state index contributed by atoms with van der Waals surface area (Å²) in [4.78, 5) is 4.46. The van der Waals surface area contributed by atoms with Crippen LogP contribution < -0.4 is 5.32 Å². The number of nitrogens with zero attached hydrogens (tertiary/aromatic N) is 3. The van der Waals surface area contributed by atoms with E-state index < -0.39 is 0 Å². The van der Waals surface area contributed by atoms with Crippen LogP contribution in [0.15, 0.2) is 47.1 Å². The van der Waals surface area contributed by atoms with Gasteiger partial charge in [0.05, 0.1) is 10.5 Å². The van der Waals surface area contributed by atoms with Crippen LogP contribution in [0.1, 0.15) is 18.5 Å². The smallest absolute Gasteiger partial charge is 0.243 e. The van der Waals surface area contributed by atoms with Gasteiger partial charge in [0.15, 0.2) is 5.65 Å². The molecule has 2 aromatic heterocycles. The fourth-order valence-corrected chi connectivity index (χ4v) is 2.75. The van der Waals surface area contributed by atoms with Crippen molar-refractivity contribution in [1.82, 2.24) is 14.6 Å². The van der Waals surface area contributed by atoms with Gasteiger partial charge in [-0.3, -0.25) is 0 Å². The number of nitrogens with one attached hydrogen (secondary N) is 1. The lowest BCUT2D eigenvalue weighted by atomic mass is 10.1. The fourth-order valence-electron chi connectivity index (χ4n) is 2.03. The standard InChI is InChI=1S/C14H12BrClN4/c1-9(10-5-2-3-7-12(10)16)17-14-18-13-11(15)6-4-8-20(13)19-14/h2-9H,1H3,(H,17,19). The Balaban J connectivity index is 1.90. The number of anilines is 1. The molecule has 0 amide bonds. The Morgan fingerprint density at radius 3 is 2.80 bits per heavy atom. The molecule has 0 radical (unpaired) electrons. The second-order valence-electron chi connectivity index (χ2n) is 4.45. The number of benzene rings is 1. The van der Waals surface area contributed by atoms with Crippen molar-refractivity contribution in [2.24, 2.45) is 0 Å². The first-order chi connectivity index (χ1) is 9.65. The Morgan fingerprint density at radius 2 is 2.05 bits per heavy atom. The SMILES string of the molecule is CC(Nc1nc2c(Br)cccn2n1)c1ccccc1Cl. The highest BCUT2D eigenvalue weighted by molar-refractivity contribution is 9.10. The molecular weight excluding hydrogens is 340 g/mol. The lowest BCUT2D eigenvalue weighted by Gasteiger charge is -2.13. The van der Waals surface area contributed by atoms with Crippen molar-refractivity contribution in [1.29, 1.82) is 0 Å². The van der Waals surface area contributed by atoms with Crippen LogP contribution >= 0.6 is 27.5 Å². The Hall–Kier alpha value is -1.59. The fraction of sp³-hybridized carbons (Fsp3) is 0.143. The van der Waals surface area contributed by atoms with Crippen molar-refractivity contribution >= 4 is 39.1 Å². The molecule has 0 spiro atoms. The Kier molecular flexibility index (Phi) is 3.63. The minimum absolute atomic E-state index is 0.0277. The molecule has 3 rings (SSSR count). The highest BCUT2D eigenvalue weighted by atomic mass is 79.9. The topological polar surface area (TPSA) is 42.2 Å². The van der Waals surface area contributed by atoms with E-state index in [0.717, 1.165) is 20.7 Å². The van der Waals surface area contributed by atoms with Crippen molar-refractivity contribution in [2.75, 3.05) is 5.32 Å². The average Bonchev–Trinajstić information content (AvgIpc) is 2.83. The van der Waals surface area contributed by atoms with Crippen LogP contribution in [0.4, 0.5) is 5.95 Å². The molecule has 0 fully saturated rings. The van der Waals surface area contributed by atoms with Crippen molar-refractivity contribution in [3.8, 4) is 0 Å². The van der Waals surface area contributed by atoms with Crippen LogP contribution in [0, 0.1) is 0 Å². The molecule has 102 valence electrons. The van der Waals surface area contributed by atoms with Gasteiger partial charge in [0.25, 0.3) is 0 Å². The molecule has 1 atom stereocenters. The summed E-state index contributed by atoms with van der Waals surface area (Å²) in [6.07, 6.45) is 1.86. The first-order valence-electron chi connectivity index (χ1n) is 6.17. The summed E-state index contributed by atoms with van der Waals surface area (Å²) in [6, 6.07) is 11.6. The summed E-state index contributed by atoms with van der Waals surface area (Å²) in [5, 5.41) is 8.39. The number of fused-ring (bicyclic) bond motifs is 1. The van der Waals surface area contributed by atoms with Gasteiger partial charge in [-0.25, -0.2) is 4.52 Å². The molecule has 3 aromatic rings. The van der Waals surface area contributed by atoms with Crippen LogP contribution in [0.3, 0.4) is 0 Å². The Labute approximate surface area is 129 Å². The van der Waals surface area contributed by atoms with Gasteiger partial charge in [-0.15, -0.1) is 5.10 Å². The van der Waals surface area contributed by atoms with Gasteiger partial charge < -0.3 is 5.32 Å². The summed E-state index contributed by atoms with van der Waals surface area (Å²) < 4.78 is 2.64. The van der Waals surface area contributed by atoms with Crippen LogP contribution in [-0.2, 0) is 0 Å². The summed E-state index contributed by atoms with van der Waals surface area (Å²) >= 11 is 9.66. The van der Waals surface area contributed by atoms with Gasteiger partial charge in [0.2, 0.25) is 5.95 Å². The minimum atomic E-state index is 0.0277. The monoisotopic (exact) mass is 350 g/mol. The van der Waals surface area contributed by atoms with Crippen molar-refractivity contribution in [2.45, 2.75) is 13.0 Å². The first kappa shape index (κ1) is 13.4. The van der Waals surface area contributed by atoms with E-state index in [4.69, 9.17) is 11.6 Å². The Morgan fingerprint density at radius 1 is 1.25 bits per heavy atom. The third kappa shape index (κ3) is 2.51. The maximum absolute atomic E-state index is 6.20. The number of aromatic nitrogens is 3. The number of pyridine rings is 1. The molecule has 20 heavy (non-hydrogen) atoms. The van der Waals surface area contributed by atoms with Crippen LogP contribution in [-0.4, -0.2) is 14.6 Å². The van der Waals surface area contributed by atoms with Crippen LogP contribution in [0.25, 0.3) is 5.65 Å². The molecule has 0 aliphatic rings. The molecule has 0 saturated carbocycles. The predicted octanol–water partition coefficient (Wildman–Crippen LogP) is 4.32. The quantitative estimate of drug-likeness (QED) is 0.764. The van der Waals surface area contributed by atoms with Gasteiger partial charge >= 0.3 is 0 Å². The van der Waals surface area contributed by atoms with Crippen molar-refractivity contribution < 1.29 is 0 Å². The van der Waals surface area contributed by atoms with E-state index >= 15 is 0 Å². The molecule has 2 heterocycles. The first-order valence-corrected chi connectivity index (χ1v) is 7.34. The van der Waals surface area contributed by atoms with Gasteiger partial charge in [0.1, 0.15) is 0 Å². The average molecular weight is 352 g/mol. The molecule has 4 nitrogen and oxygen atoms in total. The van der Waals surface area contributed by atoms with Gasteiger partial charge in [-0.1, -0.05) is 29.8 Å². The maximum atomic E-state index is 6.20. The number of rotatable bonds is 3. The van der Waals surface area contributed by atoms with E-state index in [0.29, 0.717) is 5.95 Å². The molecule has 1 aromatic carbocycles. The van der Waals surface area contributed by atoms with Crippen LogP contribution in [0.2, 0.25) is 5.02 Å². The van der Waals surface area contributed by atoms with Gasteiger partial charge in [0, 0.05) is 11.2 Å². The summed E-state index contributed by atoms with van der Waals surface area (Å²) in [6.45, 7) is 2.03. The largest absolute Gasteiger partial charge is 0.346 e. The highest BCUT2D eigenvalue weighted by Crippen LogP contribution is 2.25. The maximum Gasteiger partial charge on any atom is 0.243 e. The van der Waals surface area contributed by atoms with Crippen molar-refractivity contribution in [3.63, 3.8) is 0 Å². The second kappa shape index (κ2) is 5.42. The molecule has 1 N–H and O–H groups in total. The minimum Gasteiger partial charge on any atom is -0.346 e. The zero-order valence-corrected chi connectivity index (χ0v) is 13.1. The molecule has 0 aliphatic carbocycles. The third-order valence-electron chi connectivity index (χ3n) is 3.03. The predicted molar refractivity (Wildman–Crippen MR) is 84.2 cm³/mol.